The van der Waals surface area contributed by atoms with Crippen LogP contribution >= 0.6 is 0 Å². The number of nitrogens with one attached hydrogen (secondary N) is 1. The van der Waals surface area contributed by atoms with Crippen LogP contribution in [0.15, 0.2) is 0 Å². The Bertz CT molecular complexity index is 557. The highest BCUT2D eigenvalue weighted by atomic mass is 32.2. The van der Waals surface area contributed by atoms with Crippen molar-refractivity contribution in [2.45, 2.75) is 52.5 Å². The Balaban J connectivity index is 2.38. The number of hydrogen-bond acceptors (Lipinski definition) is 5. The van der Waals surface area contributed by atoms with Crippen LogP contribution in [-0.2, 0) is 19.6 Å². The molecule has 1 N–H and O–H groups in total. The summed E-state index contributed by atoms with van der Waals surface area (Å²) in [7, 11) is -3.32. The van der Waals surface area contributed by atoms with Crippen molar-refractivity contribution in [3.63, 3.8) is 0 Å². The predicted octanol–water partition coefficient (Wildman–Crippen LogP) is 1.42. The zero-order chi connectivity index (χ0) is 19.7. The lowest BCUT2D eigenvalue weighted by atomic mass is 10.1. The van der Waals surface area contributed by atoms with Crippen molar-refractivity contribution in [2.24, 2.45) is 5.92 Å². The minimum atomic E-state index is -3.32. The fraction of sp³-hybridized carbons (Fsp3) is 0.882. The molecular formula is C17H33N3O5S. The third-order valence-electron chi connectivity index (χ3n) is 4.40. The number of ether oxygens (including phenoxy) is 1. The summed E-state index contributed by atoms with van der Waals surface area (Å²) in [4.78, 5) is 25.5. The first-order valence-corrected chi connectivity index (χ1v) is 11.1. The van der Waals surface area contributed by atoms with Crippen LogP contribution in [0.4, 0.5) is 4.79 Å². The van der Waals surface area contributed by atoms with Gasteiger partial charge in [0.05, 0.1) is 12.9 Å². The molecule has 0 saturated carbocycles. The van der Waals surface area contributed by atoms with E-state index in [0.717, 1.165) is 6.42 Å². The van der Waals surface area contributed by atoms with Crippen LogP contribution in [0.2, 0.25) is 0 Å². The molecule has 8 nitrogen and oxygen atoms in total. The maximum absolute atomic E-state index is 12.2. The van der Waals surface area contributed by atoms with Gasteiger partial charge in [-0.2, -0.15) is 0 Å². The summed E-state index contributed by atoms with van der Waals surface area (Å²) in [6.45, 7) is 7.92. The number of amides is 2. The summed E-state index contributed by atoms with van der Waals surface area (Å²) < 4.78 is 30.0. The SMILES string of the molecule is CCOC(=O)N1CCC(NC(=O)CCN(CCC(C)C)S(C)(=O)=O)CC1. The molecule has 1 aliphatic heterocycles. The smallest absolute Gasteiger partial charge is 0.409 e. The molecular weight excluding hydrogens is 358 g/mol. The van der Waals surface area contributed by atoms with Gasteiger partial charge in [-0.3, -0.25) is 4.79 Å². The molecule has 0 unspecified atom stereocenters. The maximum atomic E-state index is 12.2. The summed E-state index contributed by atoms with van der Waals surface area (Å²) in [6, 6.07) is 0.00974. The van der Waals surface area contributed by atoms with Crippen molar-refractivity contribution in [2.75, 3.05) is 39.0 Å². The molecule has 152 valence electrons. The minimum absolute atomic E-state index is 0.00974. The van der Waals surface area contributed by atoms with Gasteiger partial charge in [-0.25, -0.2) is 17.5 Å². The van der Waals surface area contributed by atoms with E-state index < -0.39 is 10.0 Å². The minimum Gasteiger partial charge on any atom is -0.450 e. The second kappa shape index (κ2) is 10.7. The van der Waals surface area contributed by atoms with Gasteiger partial charge < -0.3 is 15.0 Å². The van der Waals surface area contributed by atoms with Crippen LogP contribution in [0.25, 0.3) is 0 Å². The van der Waals surface area contributed by atoms with E-state index in [9.17, 15) is 18.0 Å². The van der Waals surface area contributed by atoms with Crippen LogP contribution in [-0.4, -0.2) is 74.7 Å². The highest BCUT2D eigenvalue weighted by Gasteiger charge is 2.25. The summed E-state index contributed by atoms with van der Waals surface area (Å²) >= 11 is 0. The van der Waals surface area contributed by atoms with Gasteiger partial charge in [0.15, 0.2) is 0 Å². The number of hydrogen-bond donors (Lipinski definition) is 1. The number of piperidine rings is 1. The largest absolute Gasteiger partial charge is 0.450 e. The van der Waals surface area contributed by atoms with Gasteiger partial charge in [-0.1, -0.05) is 13.8 Å². The van der Waals surface area contributed by atoms with Gasteiger partial charge in [-0.05, 0) is 32.1 Å². The Morgan fingerprint density at radius 3 is 2.35 bits per heavy atom. The predicted molar refractivity (Wildman–Crippen MR) is 100 cm³/mol. The van der Waals surface area contributed by atoms with Crippen molar-refractivity contribution in [1.29, 1.82) is 0 Å². The van der Waals surface area contributed by atoms with Crippen molar-refractivity contribution in [1.82, 2.24) is 14.5 Å². The molecule has 1 saturated heterocycles. The third kappa shape index (κ3) is 8.35. The first kappa shape index (κ1) is 22.7. The van der Waals surface area contributed by atoms with Crippen LogP contribution in [0.5, 0.6) is 0 Å². The van der Waals surface area contributed by atoms with E-state index in [-0.39, 0.29) is 31.0 Å². The lowest BCUT2D eigenvalue weighted by Gasteiger charge is -2.31. The number of carbonyl (C=O) groups is 2. The molecule has 2 amide bonds. The molecule has 0 spiro atoms. The van der Waals surface area contributed by atoms with Gasteiger partial charge in [0, 0.05) is 38.6 Å². The Hall–Kier alpha value is -1.35. The summed E-state index contributed by atoms with van der Waals surface area (Å²) in [5.74, 6) is 0.246. The molecule has 0 aliphatic carbocycles. The van der Waals surface area contributed by atoms with E-state index in [0.29, 0.717) is 45.0 Å². The van der Waals surface area contributed by atoms with Crippen LogP contribution in [0.1, 0.15) is 46.5 Å². The van der Waals surface area contributed by atoms with Gasteiger partial charge >= 0.3 is 6.09 Å². The second-order valence-corrected chi connectivity index (χ2v) is 9.10. The summed E-state index contributed by atoms with van der Waals surface area (Å²) in [5, 5.41) is 2.94. The Morgan fingerprint density at radius 2 is 1.85 bits per heavy atom. The molecule has 1 rings (SSSR count). The van der Waals surface area contributed by atoms with E-state index in [1.165, 1.54) is 10.6 Å². The molecule has 1 aliphatic rings. The number of nitrogens with zero attached hydrogens (tertiary/aromatic N) is 2. The van der Waals surface area contributed by atoms with Crippen molar-refractivity contribution in [3.8, 4) is 0 Å². The molecule has 1 heterocycles. The summed E-state index contributed by atoms with van der Waals surface area (Å²) in [6.07, 6.45) is 3.12. The second-order valence-electron chi connectivity index (χ2n) is 7.12. The maximum Gasteiger partial charge on any atom is 0.409 e. The average Bonchev–Trinajstić information content (AvgIpc) is 2.54. The first-order valence-electron chi connectivity index (χ1n) is 9.29. The molecule has 0 aromatic carbocycles. The quantitative estimate of drug-likeness (QED) is 0.641. The van der Waals surface area contributed by atoms with Gasteiger partial charge in [0.25, 0.3) is 0 Å². The average molecular weight is 392 g/mol. The van der Waals surface area contributed by atoms with Crippen molar-refractivity contribution >= 4 is 22.0 Å². The molecule has 0 bridgehead atoms. The van der Waals surface area contributed by atoms with Crippen LogP contribution < -0.4 is 5.32 Å². The monoisotopic (exact) mass is 391 g/mol. The molecule has 0 atom stereocenters. The fourth-order valence-corrected chi connectivity index (χ4v) is 3.65. The molecule has 9 heteroatoms. The number of likely N-dealkylation sites (tertiary alicyclic amines) is 1. The standard InChI is InChI=1S/C17H33N3O5S/c1-5-25-17(22)19-10-7-15(8-11-19)18-16(21)9-13-20(26(4,23)24)12-6-14(2)3/h14-15H,5-13H2,1-4H3,(H,18,21). The number of carbonyl (C=O) groups excluding carboxylic acids is 2. The Labute approximate surface area is 157 Å². The zero-order valence-electron chi connectivity index (χ0n) is 16.4. The van der Waals surface area contributed by atoms with Crippen LogP contribution in [0, 0.1) is 5.92 Å². The van der Waals surface area contributed by atoms with Crippen molar-refractivity contribution < 1.29 is 22.7 Å². The van der Waals surface area contributed by atoms with Gasteiger partial charge in [-0.15, -0.1) is 0 Å². The summed E-state index contributed by atoms with van der Waals surface area (Å²) in [5.41, 5.74) is 0. The Morgan fingerprint density at radius 1 is 1.23 bits per heavy atom. The van der Waals surface area contributed by atoms with E-state index in [1.807, 2.05) is 13.8 Å². The van der Waals surface area contributed by atoms with Gasteiger partial charge in [0.2, 0.25) is 15.9 Å². The van der Waals surface area contributed by atoms with E-state index in [1.54, 1.807) is 11.8 Å². The number of rotatable bonds is 9. The lowest BCUT2D eigenvalue weighted by Crippen LogP contribution is -2.47. The topological polar surface area (TPSA) is 96.0 Å². The highest BCUT2D eigenvalue weighted by Crippen LogP contribution is 2.12. The van der Waals surface area contributed by atoms with E-state index in [4.69, 9.17) is 4.74 Å². The molecule has 0 aromatic rings. The lowest BCUT2D eigenvalue weighted by molar-refractivity contribution is -0.122. The molecule has 0 aromatic heterocycles. The molecule has 1 fully saturated rings. The zero-order valence-corrected chi connectivity index (χ0v) is 17.2. The fourth-order valence-electron chi connectivity index (χ4n) is 2.79. The van der Waals surface area contributed by atoms with E-state index >= 15 is 0 Å². The highest BCUT2D eigenvalue weighted by molar-refractivity contribution is 7.88. The van der Waals surface area contributed by atoms with Crippen molar-refractivity contribution in [3.05, 3.63) is 0 Å². The molecule has 0 radical (unpaired) electrons. The van der Waals surface area contributed by atoms with Crippen LogP contribution in [0.3, 0.4) is 0 Å². The van der Waals surface area contributed by atoms with Gasteiger partial charge in [0.1, 0.15) is 0 Å². The van der Waals surface area contributed by atoms with E-state index in [2.05, 4.69) is 5.32 Å². The Kier molecular flexibility index (Phi) is 9.35. The molecule has 26 heavy (non-hydrogen) atoms. The number of sulfonamides is 1. The third-order valence-corrected chi connectivity index (χ3v) is 5.70. The first-order chi connectivity index (χ1) is 12.1. The normalized spacial score (nSPS) is 16.2.